The van der Waals surface area contributed by atoms with Gasteiger partial charge in [0, 0.05) is 61.0 Å². The van der Waals surface area contributed by atoms with Crippen molar-refractivity contribution < 1.29 is 71.5 Å². The van der Waals surface area contributed by atoms with Gasteiger partial charge in [0.15, 0.2) is 0 Å². The molecule has 0 aromatic rings. The standard InChI is InChI=1S/3C18H36O2.Ce/c3*1-2-3-4-5-6-7-8-9-10-11-12-13-14-15-16-17-18(19)20;/h3*2-17H2,1H3,(H,19,20);. The SMILES string of the molecule is CCCCCCCCCCCCCCCCCC(=O)O.CCCCCCCCCCCCCCCCCC(=O)O.CCCCCCCCCCCCCCCCCC(=O)O.[Ce]. The van der Waals surface area contributed by atoms with Crippen molar-refractivity contribution in [2.45, 2.75) is 329 Å². The van der Waals surface area contributed by atoms with Gasteiger partial charge in [-0.25, -0.2) is 0 Å². The Hall–Kier alpha value is -0.213. The van der Waals surface area contributed by atoms with Crippen LogP contribution in [0.5, 0.6) is 0 Å². The second kappa shape index (κ2) is 64.1. The van der Waals surface area contributed by atoms with Gasteiger partial charge in [0.05, 0.1) is 0 Å². The zero-order valence-electron chi connectivity index (χ0n) is 41.5. The Bertz CT molecular complexity index is 717. The molecule has 0 unspecified atom stereocenters. The number of carboxylic acids is 3. The molecule has 0 atom stereocenters. The van der Waals surface area contributed by atoms with Crippen molar-refractivity contribution in [2.24, 2.45) is 0 Å². The van der Waals surface area contributed by atoms with Gasteiger partial charge in [-0.05, 0) is 19.3 Å². The number of carbonyl (C=O) groups is 3. The predicted octanol–water partition coefficient (Wildman–Crippen LogP) is 19.0. The van der Waals surface area contributed by atoms with Crippen LogP contribution in [0.15, 0.2) is 0 Å². The molecule has 61 heavy (non-hydrogen) atoms. The minimum Gasteiger partial charge on any atom is -0.481 e. The van der Waals surface area contributed by atoms with Crippen molar-refractivity contribution >= 4 is 17.9 Å². The van der Waals surface area contributed by atoms with E-state index in [0.29, 0.717) is 19.3 Å². The van der Waals surface area contributed by atoms with E-state index in [2.05, 4.69) is 20.8 Å². The Morgan fingerprint density at radius 2 is 0.311 bits per heavy atom. The van der Waals surface area contributed by atoms with E-state index in [9.17, 15) is 14.4 Å². The number of hydrogen-bond donors (Lipinski definition) is 3. The second-order valence-electron chi connectivity index (χ2n) is 18.3. The molecule has 0 fully saturated rings. The second-order valence-corrected chi connectivity index (χ2v) is 18.3. The smallest absolute Gasteiger partial charge is 0.303 e. The summed E-state index contributed by atoms with van der Waals surface area (Å²) >= 11 is 0. The Morgan fingerprint density at radius 1 is 0.213 bits per heavy atom. The van der Waals surface area contributed by atoms with Crippen molar-refractivity contribution in [3.05, 3.63) is 0 Å². The molecule has 0 saturated carbocycles. The fourth-order valence-corrected chi connectivity index (χ4v) is 7.94. The zero-order chi connectivity index (χ0) is 44.7. The summed E-state index contributed by atoms with van der Waals surface area (Å²) in [4.78, 5) is 31.0. The van der Waals surface area contributed by atoms with Gasteiger partial charge in [0.25, 0.3) is 0 Å². The molecule has 6 nitrogen and oxygen atoms in total. The van der Waals surface area contributed by atoms with Gasteiger partial charge >= 0.3 is 17.9 Å². The normalized spacial score (nSPS) is 10.7. The predicted molar refractivity (Wildman–Crippen MR) is 262 cm³/mol. The monoisotopic (exact) mass is 993 g/mol. The summed E-state index contributed by atoms with van der Waals surface area (Å²) in [5.41, 5.74) is 0. The first-order chi connectivity index (χ1) is 29.3. The van der Waals surface area contributed by atoms with Crippen molar-refractivity contribution in [3.8, 4) is 0 Å². The summed E-state index contributed by atoms with van der Waals surface area (Å²) in [5.74, 6) is -1.96. The first-order valence-electron chi connectivity index (χ1n) is 27.0. The van der Waals surface area contributed by atoms with Crippen LogP contribution in [-0.2, 0) is 14.4 Å². The average Bonchev–Trinajstić information content (AvgIpc) is 3.22. The van der Waals surface area contributed by atoms with E-state index < -0.39 is 17.9 Å². The maximum atomic E-state index is 10.3. The molecule has 0 aliphatic heterocycles. The number of rotatable bonds is 48. The first-order valence-corrected chi connectivity index (χ1v) is 27.0. The summed E-state index contributed by atoms with van der Waals surface area (Å²) in [6.45, 7) is 6.81. The number of hydrogen-bond acceptors (Lipinski definition) is 3. The molecule has 0 rings (SSSR count). The number of aliphatic carboxylic acids is 3. The summed E-state index contributed by atoms with van der Waals surface area (Å²) in [6, 6.07) is 0. The molecule has 0 amide bonds. The van der Waals surface area contributed by atoms with E-state index in [1.54, 1.807) is 0 Å². The minimum absolute atomic E-state index is 0. The summed E-state index contributed by atoms with van der Waals surface area (Å²) in [6.07, 6.45) is 60.6. The van der Waals surface area contributed by atoms with E-state index in [1.807, 2.05) is 0 Å². The Morgan fingerprint density at radius 3 is 0.410 bits per heavy atom. The van der Waals surface area contributed by atoms with Crippen LogP contribution in [0.3, 0.4) is 0 Å². The molecular formula is C54H108CeO6. The average molecular weight is 994 g/mol. The maximum Gasteiger partial charge on any atom is 0.303 e. The molecule has 0 radical (unpaired) electrons. The van der Waals surface area contributed by atoms with Crippen LogP contribution in [0, 0.1) is 41.7 Å². The van der Waals surface area contributed by atoms with Crippen molar-refractivity contribution in [2.75, 3.05) is 0 Å². The van der Waals surface area contributed by atoms with Gasteiger partial charge in [-0.15, -0.1) is 0 Å². The molecule has 7 heteroatoms. The van der Waals surface area contributed by atoms with Crippen LogP contribution in [0.2, 0.25) is 0 Å². The molecule has 0 aliphatic carbocycles. The largest absolute Gasteiger partial charge is 0.481 e. The molecule has 0 spiro atoms. The fourth-order valence-electron chi connectivity index (χ4n) is 7.94. The van der Waals surface area contributed by atoms with Gasteiger partial charge in [0.1, 0.15) is 0 Å². The Kier molecular flexibility index (Phi) is 70.8. The molecule has 0 aromatic carbocycles. The molecule has 0 aliphatic rings. The van der Waals surface area contributed by atoms with Gasteiger partial charge in [0.2, 0.25) is 0 Å². The Labute approximate surface area is 415 Å². The third kappa shape index (κ3) is 77.4. The van der Waals surface area contributed by atoms with Crippen molar-refractivity contribution in [1.29, 1.82) is 0 Å². The van der Waals surface area contributed by atoms with Crippen LogP contribution in [-0.4, -0.2) is 33.2 Å². The quantitative estimate of drug-likeness (QED) is 0.0524. The fraction of sp³-hybridized carbons (Fsp3) is 0.944. The van der Waals surface area contributed by atoms with Gasteiger partial charge in [-0.1, -0.05) is 290 Å². The topological polar surface area (TPSA) is 112 Å². The Balaban J connectivity index is -0.000000396. The van der Waals surface area contributed by atoms with Crippen LogP contribution >= 0.6 is 0 Å². The van der Waals surface area contributed by atoms with Crippen molar-refractivity contribution in [1.82, 2.24) is 0 Å². The summed E-state index contributed by atoms with van der Waals surface area (Å²) < 4.78 is 0. The number of unbranched alkanes of at least 4 members (excludes halogenated alkanes) is 42. The van der Waals surface area contributed by atoms with Crippen molar-refractivity contribution in [3.63, 3.8) is 0 Å². The minimum atomic E-state index is -0.653. The zero-order valence-corrected chi connectivity index (χ0v) is 44.6. The molecule has 3 N–H and O–H groups in total. The van der Waals surface area contributed by atoms with E-state index in [1.165, 1.54) is 250 Å². The summed E-state index contributed by atoms with van der Waals surface area (Å²) in [5, 5.41) is 25.6. The van der Waals surface area contributed by atoms with Crippen LogP contribution in [0.25, 0.3) is 0 Å². The van der Waals surface area contributed by atoms with Gasteiger partial charge in [-0.2, -0.15) is 0 Å². The molecule has 364 valence electrons. The van der Waals surface area contributed by atoms with E-state index in [0.717, 1.165) is 38.5 Å². The van der Waals surface area contributed by atoms with Crippen LogP contribution in [0.4, 0.5) is 0 Å². The molecule has 0 saturated heterocycles. The van der Waals surface area contributed by atoms with Gasteiger partial charge < -0.3 is 15.3 Å². The molecule has 0 aromatic heterocycles. The van der Waals surface area contributed by atoms with Crippen LogP contribution in [0.1, 0.15) is 329 Å². The molecule has 0 heterocycles. The first kappa shape index (κ1) is 67.4. The van der Waals surface area contributed by atoms with Gasteiger partial charge in [-0.3, -0.25) is 14.4 Å². The summed E-state index contributed by atoms with van der Waals surface area (Å²) in [7, 11) is 0. The number of carboxylic acid groups (broad SMARTS) is 3. The maximum absolute atomic E-state index is 10.3. The third-order valence-electron chi connectivity index (χ3n) is 12.0. The third-order valence-corrected chi connectivity index (χ3v) is 12.0. The van der Waals surface area contributed by atoms with E-state index in [-0.39, 0.29) is 41.7 Å². The van der Waals surface area contributed by atoms with Crippen LogP contribution < -0.4 is 0 Å². The van der Waals surface area contributed by atoms with E-state index >= 15 is 0 Å². The molecule has 0 bridgehead atoms. The molecular weight excluding hydrogens is 885 g/mol. The van der Waals surface area contributed by atoms with E-state index in [4.69, 9.17) is 15.3 Å².